The number of benzene rings is 1. The highest BCUT2D eigenvalue weighted by molar-refractivity contribution is 5.61. The van der Waals surface area contributed by atoms with Gasteiger partial charge in [-0.05, 0) is 37.3 Å². The Morgan fingerprint density at radius 3 is 3.00 bits per heavy atom. The maximum atomic E-state index is 9.43. The molecule has 3 heteroatoms. The monoisotopic (exact) mass is 215 g/mol. The van der Waals surface area contributed by atoms with Gasteiger partial charge in [-0.2, -0.15) is 0 Å². The van der Waals surface area contributed by atoms with Crippen LogP contribution in [0.1, 0.15) is 18.5 Å². The van der Waals surface area contributed by atoms with Crippen molar-refractivity contribution in [2.75, 3.05) is 0 Å². The molecule has 2 aromatic rings. The Kier molecular flexibility index (Phi) is 2.17. The summed E-state index contributed by atoms with van der Waals surface area (Å²) in [6.07, 6.45) is 5.07. The maximum Gasteiger partial charge on any atom is 0.181 e. The molecule has 0 amide bonds. The zero-order valence-electron chi connectivity index (χ0n) is 8.89. The van der Waals surface area contributed by atoms with Crippen LogP contribution in [0.5, 0.6) is 5.75 Å². The molecule has 1 fully saturated rings. The average Bonchev–Trinajstić information content (AvgIpc) is 2.95. The van der Waals surface area contributed by atoms with E-state index >= 15 is 0 Å². The number of rotatable bonds is 3. The molecule has 1 aliphatic carbocycles. The summed E-state index contributed by atoms with van der Waals surface area (Å²) in [6.45, 7) is 0. The highest BCUT2D eigenvalue weighted by Crippen LogP contribution is 2.35. The van der Waals surface area contributed by atoms with Crippen LogP contribution in [-0.4, -0.2) is 10.1 Å². The van der Waals surface area contributed by atoms with Crippen molar-refractivity contribution in [1.29, 1.82) is 0 Å². The van der Waals surface area contributed by atoms with Gasteiger partial charge in [-0.3, -0.25) is 0 Å². The highest BCUT2D eigenvalue weighted by atomic mass is 16.3. The van der Waals surface area contributed by atoms with Gasteiger partial charge >= 0.3 is 0 Å². The van der Waals surface area contributed by atoms with Crippen LogP contribution in [0.4, 0.5) is 0 Å². The Labute approximate surface area is 93.8 Å². The zero-order valence-corrected chi connectivity index (χ0v) is 8.89. The number of nitrogens with zero attached hydrogens (tertiary/aromatic N) is 1. The van der Waals surface area contributed by atoms with Crippen molar-refractivity contribution in [2.24, 2.45) is 5.92 Å². The minimum atomic E-state index is 0.256. The van der Waals surface area contributed by atoms with Gasteiger partial charge < -0.3 is 9.52 Å². The molecule has 0 bridgehead atoms. The fraction of sp³-hybridized carbons (Fsp3) is 0.308. The lowest BCUT2D eigenvalue weighted by molar-refractivity contribution is 0.475. The molecule has 1 aromatic carbocycles. The van der Waals surface area contributed by atoms with Gasteiger partial charge in [0.1, 0.15) is 5.75 Å². The van der Waals surface area contributed by atoms with E-state index in [0.717, 1.165) is 29.4 Å². The molecule has 1 aliphatic rings. The van der Waals surface area contributed by atoms with E-state index in [1.54, 1.807) is 12.1 Å². The Bertz CT molecular complexity index is 500. The topological polar surface area (TPSA) is 46.3 Å². The number of aromatic hydroxyl groups is 1. The lowest BCUT2D eigenvalue weighted by Gasteiger charge is -2.00. The second-order valence-corrected chi connectivity index (χ2v) is 4.33. The van der Waals surface area contributed by atoms with Crippen LogP contribution in [0.2, 0.25) is 0 Å². The number of aromatic nitrogens is 1. The summed E-state index contributed by atoms with van der Waals surface area (Å²) in [5, 5.41) is 9.43. The zero-order chi connectivity index (χ0) is 11.0. The first kappa shape index (κ1) is 9.46. The van der Waals surface area contributed by atoms with E-state index in [2.05, 4.69) is 4.98 Å². The quantitative estimate of drug-likeness (QED) is 0.856. The summed E-state index contributed by atoms with van der Waals surface area (Å²) in [4.78, 5) is 4.25. The molecule has 0 spiro atoms. The summed E-state index contributed by atoms with van der Waals surface area (Å²) < 4.78 is 5.41. The molecule has 0 atom stereocenters. The molecule has 1 heterocycles. The molecule has 82 valence electrons. The van der Waals surface area contributed by atoms with Crippen LogP contribution in [0.15, 0.2) is 35.1 Å². The minimum Gasteiger partial charge on any atom is -0.508 e. The SMILES string of the molecule is Oc1cccc(-c2ocnc2CC2CC2)c1. The fourth-order valence-electron chi connectivity index (χ4n) is 1.89. The molecule has 1 saturated carbocycles. The lowest BCUT2D eigenvalue weighted by Crippen LogP contribution is -1.90. The van der Waals surface area contributed by atoms with Gasteiger partial charge in [-0.15, -0.1) is 0 Å². The standard InChI is InChI=1S/C13H13NO2/c15-11-3-1-2-10(7-11)13-12(14-8-16-13)6-9-4-5-9/h1-3,7-9,15H,4-6H2. The third kappa shape index (κ3) is 1.81. The Morgan fingerprint density at radius 1 is 1.38 bits per heavy atom. The molecule has 16 heavy (non-hydrogen) atoms. The van der Waals surface area contributed by atoms with E-state index in [-0.39, 0.29) is 5.75 Å². The third-order valence-corrected chi connectivity index (χ3v) is 2.93. The van der Waals surface area contributed by atoms with Crippen molar-refractivity contribution in [3.05, 3.63) is 36.4 Å². The van der Waals surface area contributed by atoms with E-state index in [4.69, 9.17) is 4.42 Å². The first-order valence-electron chi connectivity index (χ1n) is 5.54. The van der Waals surface area contributed by atoms with Crippen LogP contribution in [0.3, 0.4) is 0 Å². The number of phenols is 1. The van der Waals surface area contributed by atoms with Gasteiger partial charge in [0.2, 0.25) is 0 Å². The average molecular weight is 215 g/mol. The molecule has 0 saturated heterocycles. The minimum absolute atomic E-state index is 0.256. The fourth-order valence-corrected chi connectivity index (χ4v) is 1.89. The summed E-state index contributed by atoms with van der Waals surface area (Å²) in [6, 6.07) is 7.10. The highest BCUT2D eigenvalue weighted by Gasteiger charge is 2.24. The van der Waals surface area contributed by atoms with E-state index in [9.17, 15) is 5.11 Å². The van der Waals surface area contributed by atoms with Crippen LogP contribution < -0.4 is 0 Å². The predicted molar refractivity (Wildman–Crippen MR) is 60.0 cm³/mol. The van der Waals surface area contributed by atoms with Crippen molar-refractivity contribution in [2.45, 2.75) is 19.3 Å². The molecular weight excluding hydrogens is 202 g/mol. The van der Waals surface area contributed by atoms with E-state index in [1.165, 1.54) is 19.2 Å². The maximum absolute atomic E-state index is 9.43. The third-order valence-electron chi connectivity index (χ3n) is 2.93. The van der Waals surface area contributed by atoms with Crippen LogP contribution in [0.25, 0.3) is 11.3 Å². The van der Waals surface area contributed by atoms with E-state index < -0.39 is 0 Å². The first-order chi connectivity index (χ1) is 7.83. The van der Waals surface area contributed by atoms with Crippen molar-refractivity contribution < 1.29 is 9.52 Å². The van der Waals surface area contributed by atoms with Crippen molar-refractivity contribution in [3.8, 4) is 17.1 Å². The van der Waals surface area contributed by atoms with Crippen molar-refractivity contribution in [1.82, 2.24) is 4.98 Å². The second-order valence-electron chi connectivity index (χ2n) is 4.33. The summed E-state index contributed by atoms with van der Waals surface area (Å²) in [7, 11) is 0. The molecule has 0 unspecified atom stereocenters. The normalized spacial score (nSPS) is 15.2. The molecule has 3 nitrogen and oxygen atoms in total. The molecule has 0 aliphatic heterocycles. The largest absolute Gasteiger partial charge is 0.508 e. The Balaban J connectivity index is 1.95. The molecule has 3 rings (SSSR count). The van der Waals surface area contributed by atoms with Gasteiger partial charge in [-0.25, -0.2) is 4.98 Å². The summed E-state index contributed by atoms with van der Waals surface area (Å²) >= 11 is 0. The summed E-state index contributed by atoms with van der Waals surface area (Å²) in [5.41, 5.74) is 1.90. The molecular formula is C13H13NO2. The number of hydrogen-bond donors (Lipinski definition) is 1. The number of oxazole rings is 1. The number of phenolic OH excluding ortho intramolecular Hbond substituents is 1. The van der Waals surface area contributed by atoms with Crippen LogP contribution in [0, 0.1) is 5.92 Å². The molecule has 1 N–H and O–H groups in total. The Hall–Kier alpha value is -1.77. The first-order valence-corrected chi connectivity index (χ1v) is 5.54. The van der Waals surface area contributed by atoms with Crippen LogP contribution in [-0.2, 0) is 6.42 Å². The Morgan fingerprint density at radius 2 is 2.25 bits per heavy atom. The lowest BCUT2D eigenvalue weighted by atomic mass is 10.1. The molecule has 0 radical (unpaired) electrons. The smallest absolute Gasteiger partial charge is 0.181 e. The van der Waals surface area contributed by atoms with Gasteiger partial charge in [0.05, 0.1) is 5.69 Å². The van der Waals surface area contributed by atoms with E-state index in [0.29, 0.717) is 0 Å². The number of hydrogen-bond acceptors (Lipinski definition) is 3. The summed E-state index contributed by atoms with van der Waals surface area (Å²) in [5.74, 6) is 1.83. The van der Waals surface area contributed by atoms with Gasteiger partial charge in [-0.1, -0.05) is 12.1 Å². The van der Waals surface area contributed by atoms with Crippen molar-refractivity contribution >= 4 is 0 Å². The van der Waals surface area contributed by atoms with Crippen molar-refractivity contribution in [3.63, 3.8) is 0 Å². The van der Waals surface area contributed by atoms with Gasteiger partial charge in [0.15, 0.2) is 12.2 Å². The van der Waals surface area contributed by atoms with Gasteiger partial charge in [0.25, 0.3) is 0 Å². The second kappa shape index (κ2) is 3.67. The molecule has 1 aromatic heterocycles. The van der Waals surface area contributed by atoms with E-state index in [1.807, 2.05) is 12.1 Å². The predicted octanol–water partition coefficient (Wildman–Crippen LogP) is 3.00. The van der Waals surface area contributed by atoms with Gasteiger partial charge in [0, 0.05) is 5.56 Å². The van der Waals surface area contributed by atoms with Crippen LogP contribution >= 0.6 is 0 Å².